The lowest BCUT2D eigenvalue weighted by molar-refractivity contribution is 0.401. The largest absolute Gasteiger partial charge is 0.507 e. The van der Waals surface area contributed by atoms with Crippen LogP contribution < -0.4 is 5.43 Å². The van der Waals surface area contributed by atoms with Crippen molar-refractivity contribution >= 4 is 16.8 Å². The second-order valence-corrected chi connectivity index (χ2v) is 6.00. The van der Waals surface area contributed by atoms with Crippen LogP contribution in [0.5, 0.6) is 5.75 Å². The van der Waals surface area contributed by atoms with Crippen LogP contribution in [0.15, 0.2) is 45.9 Å². The molecule has 0 saturated carbocycles. The molecule has 1 aliphatic rings. The number of benzene rings is 1. The Morgan fingerprint density at radius 1 is 1.26 bits per heavy atom. The molecule has 19 heavy (non-hydrogen) atoms. The summed E-state index contributed by atoms with van der Waals surface area (Å²) >= 11 is 1.53. The molecule has 4 nitrogen and oxygen atoms in total. The van der Waals surface area contributed by atoms with Gasteiger partial charge in [0.2, 0.25) is 0 Å². The normalized spacial score (nSPS) is 22.1. The summed E-state index contributed by atoms with van der Waals surface area (Å²) in [7, 11) is 0. The Labute approximate surface area is 115 Å². The van der Waals surface area contributed by atoms with Gasteiger partial charge in [0.15, 0.2) is 4.87 Å². The van der Waals surface area contributed by atoms with Gasteiger partial charge in [0, 0.05) is 0 Å². The highest BCUT2D eigenvalue weighted by atomic mass is 32.2. The number of rotatable bonds is 2. The number of para-hydroxylation sites is 1. The number of nitrogens with one attached hydrogen (secondary N) is 1. The summed E-state index contributed by atoms with van der Waals surface area (Å²) in [6, 6.07) is 11.1. The number of hydrazone groups is 1. The van der Waals surface area contributed by atoms with Gasteiger partial charge in [-0.2, -0.15) is 5.10 Å². The highest BCUT2D eigenvalue weighted by Gasteiger charge is 2.37. The minimum Gasteiger partial charge on any atom is -0.507 e. The van der Waals surface area contributed by atoms with E-state index in [4.69, 9.17) is 4.42 Å². The van der Waals surface area contributed by atoms with Crippen molar-refractivity contribution in [3.63, 3.8) is 0 Å². The average Bonchev–Trinajstić information content (AvgIpc) is 2.98. The molecule has 2 aromatic rings. The molecule has 1 aliphatic heterocycles. The monoisotopic (exact) mass is 274 g/mol. The molecule has 1 aromatic carbocycles. The molecular weight excluding hydrogens is 260 g/mol. The van der Waals surface area contributed by atoms with Crippen LogP contribution in [0.25, 0.3) is 0 Å². The number of thioether (sulfide) groups is 1. The molecular formula is C14H14N2O2S. The Kier molecular flexibility index (Phi) is 2.78. The van der Waals surface area contributed by atoms with Crippen molar-refractivity contribution in [1.82, 2.24) is 5.43 Å². The molecule has 1 aromatic heterocycles. The maximum absolute atomic E-state index is 9.87. The van der Waals surface area contributed by atoms with Crippen LogP contribution in [0.3, 0.4) is 0 Å². The number of aryl methyl sites for hydroxylation is 1. The summed E-state index contributed by atoms with van der Waals surface area (Å²) in [4.78, 5) is -0.439. The van der Waals surface area contributed by atoms with Crippen molar-refractivity contribution in [2.24, 2.45) is 5.10 Å². The van der Waals surface area contributed by atoms with Crippen LogP contribution in [0.4, 0.5) is 0 Å². The highest BCUT2D eigenvalue weighted by molar-refractivity contribution is 8.15. The summed E-state index contributed by atoms with van der Waals surface area (Å²) in [5.74, 6) is 1.93. The van der Waals surface area contributed by atoms with Crippen molar-refractivity contribution < 1.29 is 9.52 Å². The topological polar surface area (TPSA) is 57.8 Å². The molecule has 2 N–H and O–H groups in total. The van der Waals surface area contributed by atoms with Gasteiger partial charge in [0.25, 0.3) is 0 Å². The fraction of sp³-hybridized carbons (Fsp3) is 0.214. The number of aromatic hydroxyl groups is 1. The summed E-state index contributed by atoms with van der Waals surface area (Å²) in [5, 5.41) is 14.9. The molecule has 0 saturated heterocycles. The fourth-order valence-electron chi connectivity index (χ4n) is 1.96. The third-order valence-corrected chi connectivity index (χ3v) is 4.22. The standard InChI is InChI=1S/C14H14N2O2S/c1-9-7-8-12(18-9)14(2)16-15-13(19-14)10-5-3-4-6-11(10)17/h3-8,16-17H,1-2H3/t14-/m1/s1. The van der Waals surface area contributed by atoms with Gasteiger partial charge in [-0.1, -0.05) is 23.9 Å². The lowest BCUT2D eigenvalue weighted by Gasteiger charge is -2.19. The maximum Gasteiger partial charge on any atom is 0.160 e. The number of phenols is 1. The fourth-order valence-corrected chi connectivity index (χ4v) is 3.02. The van der Waals surface area contributed by atoms with Crippen LogP contribution in [0.2, 0.25) is 0 Å². The van der Waals surface area contributed by atoms with Crippen LogP contribution in [-0.2, 0) is 4.87 Å². The van der Waals surface area contributed by atoms with Gasteiger partial charge in [0.1, 0.15) is 22.3 Å². The lowest BCUT2D eigenvalue weighted by Crippen LogP contribution is -2.28. The first kappa shape index (κ1) is 12.2. The SMILES string of the molecule is Cc1ccc([C@]2(C)NN=C(c3ccccc3O)S2)o1. The minimum atomic E-state index is -0.439. The van der Waals surface area contributed by atoms with Crippen LogP contribution in [-0.4, -0.2) is 10.2 Å². The maximum atomic E-state index is 9.87. The minimum absolute atomic E-state index is 0.232. The third-order valence-electron chi connectivity index (χ3n) is 3.02. The summed E-state index contributed by atoms with van der Waals surface area (Å²) in [5.41, 5.74) is 3.81. The van der Waals surface area contributed by atoms with Gasteiger partial charge in [-0.25, -0.2) is 0 Å². The quantitative estimate of drug-likeness (QED) is 0.883. The number of hydrogen-bond acceptors (Lipinski definition) is 5. The molecule has 0 unspecified atom stereocenters. The molecule has 1 atom stereocenters. The van der Waals surface area contributed by atoms with Gasteiger partial charge in [-0.05, 0) is 38.1 Å². The van der Waals surface area contributed by atoms with E-state index < -0.39 is 4.87 Å². The van der Waals surface area contributed by atoms with Crippen molar-refractivity contribution in [3.05, 3.63) is 53.5 Å². The Morgan fingerprint density at radius 3 is 2.74 bits per heavy atom. The van der Waals surface area contributed by atoms with Crippen molar-refractivity contribution in [2.75, 3.05) is 0 Å². The van der Waals surface area contributed by atoms with Gasteiger partial charge in [0.05, 0.1) is 5.56 Å². The van der Waals surface area contributed by atoms with Crippen molar-refractivity contribution in [3.8, 4) is 5.75 Å². The molecule has 98 valence electrons. The van der Waals surface area contributed by atoms with E-state index >= 15 is 0 Å². The Bertz CT molecular complexity index is 650. The van der Waals surface area contributed by atoms with Crippen molar-refractivity contribution in [1.29, 1.82) is 0 Å². The summed E-state index contributed by atoms with van der Waals surface area (Å²) in [6.07, 6.45) is 0. The van der Waals surface area contributed by atoms with Crippen LogP contribution >= 0.6 is 11.8 Å². The number of phenolic OH excluding ortho intramolecular Hbond substituents is 1. The predicted octanol–water partition coefficient (Wildman–Crippen LogP) is 3.16. The van der Waals surface area contributed by atoms with Gasteiger partial charge in [-0.15, -0.1) is 0 Å². The first-order chi connectivity index (χ1) is 9.08. The Hall–Kier alpha value is -1.88. The predicted molar refractivity (Wildman–Crippen MR) is 76.2 cm³/mol. The third kappa shape index (κ3) is 2.10. The van der Waals surface area contributed by atoms with Gasteiger partial charge in [-0.3, -0.25) is 5.43 Å². The van der Waals surface area contributed by atoms with Crippen LogP contribution in [0, 0.1) is 6.92 Å². The second-order valence-electron chi connectivity index (χ2n) is 4.59. The smallest absolute Gasteiger partial charge is 0.160 e. The van der Waals surface area contributed by atoms with E-state index in [9.17, 15) is 5.11 Å². The molecule has 0 amide bonds. The van der Waals surface area contributed by atoms with E-state index in [1.54, 1.807) is 12.1 Å². The number of furan rings is 1. The molecule has 3 rings (SSSR count). The van der Waals surface area contributed by atoms with E-state index in [1.807, 2.05) is 38.1 Å². The Morgan fingerprint density at radius 2 is 2.05 bits per heavy atom. The number of hydrogen-bond donors (Lipinski definition) is 2. The van der Waals surface area contributed by atoms with Crippen molar-refractivity contribution in [2.45, 2.75) is 18.7 Å². The zero-order valence-electron chi connectivity index (χ0n) is 10.7. The molecule has 5 heteroatoms. The molecule has 0 aliphatic carbocycles. The second kappa shape index (κ2) is 4.35. The zero-order valence-corrected chi connectivity index (χ0v) is 11.5. The molecule has 0 spiro atoms. The molecule has 0 radical (unpaired) electrons. The first-order valence-corrected chi connectivity index (χ1v) is 6.79. The average molecular weight is 274 g/mol. The van der Waals surface area contributed by atoms with Gasteiger partial charge >= 0.3 is 0 Å². The van der Waals surface area contributed by atoms with E-state index in [-0.39, 0.29) is 5.75 Å². The first-order valence-electron chi connectivity index (χ1n) is 5.98. The zero-order chi connectivity index (χ0) is 13.5. The lowest BCUT2D eigenvalue weighted by atomic mass is 10.2. The van der Waals surface area contributed by atoms with E-state index in [1.165, 1.54) is 11.8 Å². The summed E-state index contributed by atoms with van der Waals surface area (Å²) in [6.45, 7) is 3.92. The van der Waals surface area contributed by atoms with Crippen LogP contribution in [0.1, 0.15) is 24.0 Å². The van der Waals surface area contributed by atoms with E-state index in [2.05, 4.69) is 10.5 Å². The van der Waals surface area contributed by atoms with Gasteiger partial charge < -0.3 is 9.52 Å². The summed E-state index contributed by atoms with van der Waals surface area (Å²) < 4.78 is 5.67. The highest BCUT2D eigenvalue weighted by Crippen LogP contribution is 2.41. The number of nitrogens with zero attached hydrogens (tertiary/aromatic N) is 1. The Balaban J connectivity index is 1.89. The van der Waals surface area contributed by atoms with E-state index in [0.29, 0.717) is 0 Å². The molecule has 2 heterocycles. The van der Waals surface area contributed by atoms with E-state index in [0.717, 1.165) is 22.1 Å². The molecule has 0 bridgehead atoms. The molecule has 0 fully saturated rings.